The molecule has 3 rings (SSSR count). The summed E-state index contributed by atoms with van der Waals surface area (Å²) >= 11 is 0. The molecule has 0 N–H and O–H groups in total. The van der Waals surface area contributed by atoms with Crippen molar-refractivity contribution in [1.29, 1.82) is 0 Å². The van der Waals surface area contributed by atoms with Crippen molar-refractivity contribution in [1.82, 2.24) is 9.80 Å². The first-order valence-electron chi connectivity index (χ1n) is 6.17. The van der Waals surface area contributed by atoms with Gasteiger partial charge in [-0.25, -0.2) is 4.79 Å². The van der Waals surface area contributed by atoms with Gasteiger partial charge in [-0.3, -0.25) is 14.6 Å². The fourth-order valence-electron chi connectivity index (χ4n) is 2.56. The van der Waals surface area contributed by atoms with E-state index in [-0.39, 0.29) is 18.0 Å². The average Bonchev–Trinajstić information content (AvgIpc) is 3.15. The highest BCUT2D eigenvalue weighted by Crippen LogP contribution is 2.41. The summed E-state index contributed by atoms with van der Waals surface area (Å²) in [5, 5.41) is 0. The minimum Gasteiger partial charge on any atom is -0.282 e. The first-order chi connectivity index (χ1) is 8.20. The quantitative estimate of drug-likeness (QED) is 0.682. The first-order valence-corrected chi connectivity index (χ1v) is 6.17. The Morgan fingerprint density at radius 3 is 2.59 bits per heavy atom. The van der Waals surface area contributed by atoms with Crippen LogP contribution in [0.4, 0.5) is 4.79 Å². The minimum atomic E-state index is -0.249. The molecular weight excluding hydrogens is 216 g/mol. The SMILES string of the molecule is CN1C(=O)C(C2CC2)N(C2=CCCC=C2)C1=O. The van der Waals surface area contributed by atoms with Gasteiger partial charge >= 0.3 is 6.03 Å². The van der Waals surface area contributed by atoms with Gasteiger partial charge in [0.05, 0.1) is 0 Å². The Kier molecular flexibility index (Phi) is 2.31. The molecule has 2 fully saturated rings. The summed E-state index contributed by atoms with van der Waals surface area (Å²) in [5.74, 6) is 0.324. The second-order valence-corrected chi connectivity index (χ2v) is 4.94. The van der Waals surface area contributed by atoms with Gasteiger partial charge in [-0.1, -0.05) is 12.2 Å². The van der Waals surface area contributed by atoms with Crippen molar-refractivity contribution >= 4 is 11.9 Å². The number of amides is 3. The molecule has 17 heavy (non-hydrogen) atoms. The van der Waals surface area contributed by atoms with Crippen LogP contribution in [0.15, 0.2) is 23.9 Å². The third kappa shape index (κ3) is 1.59. The van der Waals surface area contributed by atoms with Crippen molar-refractivity contribution in [3.63, 3.8) is 0 Å². The standard InChI is InChI=1S/C13H16N2O2/c1-14-12(16)11(9-7-8-9)15(13(14)17)10-5-3-2-4-6-10/h3,5-6,9,11H,2,4,7-8H2,1H3. The Bertz CT molecular complexity index is 435. The van der Waals surface area contributed by atoms with E-state index < -0.39 is 0 Å². The van der Waals surface area contributed by atoms with Crippen molar-refractivity contribution in [3.8, 4) is 0 Å². The monoisotopic (exact) mass is 232 g/mol. The zero-order chi connectivity index (χ0) is 12.0. The Hall–Kier alpha value is -1.58. The van der Waals surface area contributed by atoms with Crippen LogP contribution in [0.1, 0.15) is 25.7 Å². The van der Waals surface area contributed by atoms with Crippen LogP contribution in [0, 0.1) is 5.92 Å². The number of hydrogen-bond donors (Lipinski definition) is 0. The van der Waals surface area contributed by atoms with Gasteiger partial charge in [0.25, 0.3) is 5.91 Å². The lowest BCUT2D eigenvalue weighted by atomic mass is 10.1. The predicted octanol–water partition coefficient (Wildman–Crippen LogP) is 1.89. The normalized spacial score (nSPS) is 29.0. The van der Waals surface area contributed by atoms with Crippen molar-refractivity contribution < 1.29 is 9.59 Å². The fraction of sp³-hybridized carbons (Fsp3) is 0.538. The smallest absolute Gasteiger partial charge is 0.282 e. The van der Waals surface area contributed by atoms with Gasteiger partial charge in [-0.05, 0) is 37.7 Å². The van der Waals surface area contributed by atoms with Crippen LogP contribution >= 0.6 is 0 Å². The maximum Gasteiger partial charge on any atom is 0.331 e. The summed E-state index contributed by atoms with van der Waals surface area (Å²) in [6, 6.07) is -0.425. The highest BCUT2D eigenvalue weighted by atomic mass is 16.2. The Morgan fingerprint density at radius 1 is 1.24 bits per heavy atom. The third-order valence-corrected chi connectivity index (χ3v) is 3.68. The van der Waals surface area contributed by atoms with Crippen LogP contribution in [-0.4, -0.2) is 34.8 Å². The fourth-order valence-corrected chi connectivity index (χ4v) is 2.56. The first kappa shape index (κ1) is 10.6. The summed E-state index contributed by atoms with van der Waals surface area (Å²) in [5.41, 5.74) is 0.899. The number of allylic oxidation sites excluding steroid dienone is 3. The van der Waals surface area contributed by atoms with Crippen molar-refractivity contribution in [3.05, 3.63) is 23.9 Å². The Balaban J connectivity index is 1.94. The van der Waals surface area contributed by atoms with Gasteiger partial charge in [-0.15, -0.1) is 0 Å². The molecule has 1 heterocycles. The molecule has 3 amide bonds. The molecular formula is C13H16N2O2. The number of imide groups is 1. The minimum absolute atomic E-state index is 0.0441. The summed E-state index contributed by atoms with van der Waals surface area (Å²) in [6.45, 7) is 0. The average molecular weight is 232 g/mol. The number of likely N-dealkylation sites (N-methyl/N-ethyl adjacent to an activating group) is 1. The summed E-state index contributed by atoms with van der Waals surface area (Å²) in [6.07, 6.45) is 10.2. The molecule has 0 aromatic rings. The van der Waals surface area contributed by atoms with Gasteiger partial charge in [0, 0.05) is 12.7 Å². The second-order valence-electron chi connectivity index (χ2n) is 4.94. The largest absolute Gasteiger partial charge is 0.331 e. The van der Waals surface area contributed by atoms with Gasteiger partial charge in [0.15, 0.2) is 0 Å². The van der Waals surface area contributed by atoms with E-state index in [4.69, 9.17) is 0 Å². The number of rotatable bonds is 2. The third-order valence-electron chi connectivity index (χ3n) is 3.68. The maximum atomic E-state index is 12.1. The van der Waals surface area contributed by atoms with E-state index in [9.17, 15) is 9.59 Å². The van der Waals surface area contributed by atoms with Crippen molar-refractivity contribution in [2.75, 3.05) is 7.05 Å². The van der Waals surface area contributed by atoms with Crippen LogP contribution in [0.2, 0.25) is 0 Å². The predicted molar refractivity (Wildman–Crippen MR) is 63.0 cm³/mol. The Morgan fingerprint density at radius 2 is 2.00 bits per heavy atom. The van der Waals surface area contributed by atoms with Crippen LogP contribution in [-0.2, 0) is 4.79 Å². The van der Waals surface area contributed by atoms with Gasteiger partial charge in [0.1, 0.15) is 6.04 Å². The van der Waals surface area contributed by atoms with Crippen LogP contribution < -0.4 is 0 Å². The molecule has 1 saturated heterocycles. The van der Waals surface area contributed by atoms with Gasteiger partial charge < -0.3 is 0 Å². The molecule has 0 radical (unpaired) electrons. The second kappa shape index (κ2) is 3.72. The van der Waals surface area contributed by atoms with Crippen molar-refractivity contribution in [2.45, 2.75) is 31.7 Å². The van der Waals surface area contributed by atoms with E-state index in [0.29, 0.717) is 5.92 Å². The number of urea groups is 1. The molecule has 2 aliphatic carbocycles. The summed E-state index contributed by atoms with van der Waals surface area (Å²) in [4.78, 5) is 27.1. The molecule has 0 bridgehead atoms. The number of nitrogens with zero attached hydrogens (tertiary/aromatic N) is 2. The highest BCUT2D eigenvalue weighted by molar-refractivity contribution is 6.05. The number of carbonyl (C=O) groups is 2. The molecule has 0 aromatic carbocycles. The lowest BCUT2D eigenvalue weighted by Crippen LogP contribution is -2.35. The maximum absolute atomic E-state index is 12.1. The summed E-state index contributed by atoms with van der Waals surface area (Å²) < 4.78 is 0. The van der Waals surface area contributed by atoms with E-state index in [1.54, 1.807) is 11.9 Å². The molecule has 1 unspecified atom stereocenters. The number of carbonyl (C=O) groups excluding carboxylic acids is 2. The molecule has 4 heteroatoms. The van der Waals surface area contributed by atoms with E-state index in [1.165, 1.54) is 4.90 Å². The molecule has 1 atom stereocenters. The van der Waals surface area contributed by atoms with Gasteiger partial charge in [-0.2, -0.15) is 0 Å². The Labute approximate surface area is 101 Å². The lowest BCUT2D eigenvalue weighted by molar-refractivity contribution is -0.127. The van der Waals surface area contributed by atoms with E-state index in [0.717, 1.165) is 31.4 Å². The molecule has 4 nitrogen and oxygen atoms in total. The van der Waals surface area contributed by atoms with Gasteiger partial charge in [0.2, 0.25) is 0 Å². The van der Waals surface area contributed by atoms with Crippen LogP contribution in [0.5, 0.6) is 0 Å². The lowest BCUT2D eigenvalue weighted by Gasteiger charge is -2.24. The molecule has 3 aliphatic rings. The zero-order valence-electron chi connectivity index (χ0n) is 9.93. The van der Waals surface area contributed by atoms with E-state index in [2.05, 4.69) is 12.2 Å². The zero-order valence-corrected chi connectivity index (χ0v) is 9.93. The van der Waals surface area contributed by atoms with Crippen LogP contribution in [0.25, 0.3) is 0 Å². The molecule has 0 aromatic heterocycles. The van der Waals surface area contributed by atoms with Crippen molar-refractivity contribution in [2.24, 2.45) is 5.92 Å². The van der Waals surface area contributed by atoms with E-state index in [1.807, 2.05) is 6.08 Å². The molecule has 90 valence electrons. The van der Waals surface area contributed by atoms with Crippen LogP contribution in [0.3, 0.4) is 0 Å². The summed E-state index contributed by atoms with van der Waals surface area (Å²) in [7, 11) is 1.58. The highest BCUT2D eigenvalue weighted by Gasteiger charge is 2.51. The number of hydrogen-bond acceptors (Lipinski definition) is 2. The molecule has 1 aliphatic heterocycles. The molecule has 1 saturated carbocycles. The molecule has 0 spiro atoms. The topological polar surface area (TPSA) is 40.6 Å². The van der Waals surface area contributed by atoms with E-state index >= 15 is 0 Å².